The van der Waals surface area contributed by atoms with Crippen molar-refractivity contribution in [1.82, 2.24) is 4.90 Å². The van der Waals surface area contributed by atoms with Gasteiger partial charge in [-0.05, 0) is 24.6 Å². The molecule has 1 heterocycles. The molecule has 19 heavy (non-hydrogen) atoms. The Morgan fingerprint density at radius 3 is 2.37 bits per heavy atom. The minimum Gasteiger partial charge on any atom is -0.399 e. The van der Waals surface area contributed by atoms with Crippen molar-refractivity contribution >= 4 is 17.5 Å². The largest absolute Gasteiger partial charge is 0.399 e. The highest BCUT2D eigenvalue weighted by molar-refractivity contribution is 6.21. The van der Waals surface area contributed by atoms with E-state index in [2.05, 4.69) is 0 Å². The van der Waals surface area contributed by atoms with Gasteiger partial charge in [0.25, 0.3) is 11.8 Å². The summed E-state index contributed by atoms with van der Waals surface area (Å²) in [5, 5.41) is 0. The first-order valence-electron chi connectivity index (χ1n) is 5.62. The van der Waals surface area contributed by atoms with Crippen molar-refractivity contribution in [2.75, 3.05) is 12.3 Å². The maximum absolute atomic E-state index is 12.0. The van der Waals surface area contributed by atoms with E-state index >= 15 is 0 Å². The Morgan fingerprint density at radius 2 is 1.74 bits per heavy atom. The van der Waals surface area contributed by atoms with E-state index in [4.69, 9.17) is 5.73 Å². The van der Waals surface area contributed by atoms with Crippen LogP contribution in [0.2, 0.25) is 0 Å². The number of benzene rings is 1. The Balaban J connectivity index is 2.10. The molecule has 1 aliphatic heterocycles. The van der Waals surface area contributed by atoms with Crippen LogP contribution in [0.5, 0.6) is 0 Å². The monoisotopic (exact) mass is 272 g/mol. The lowest BCUT2D eigenvalue weighted by Crippen LogP contribution is -2.31. The smallest absolute Gasteiger partial charge is 0.389 e. The Kier molecular flexibility index (Phi) is 3.21. The predicted molar refractivity (Wildman–Crippen MR) is 61.5 cm³/mol. The molecule has 1 aromatic carbocycles. The van der Waals surface area contributed by atoms with Crippen molar-refractivity contribution < 1.29 is 22.8 Å². The van der Waals surface area contributed by atoms with Gasteiger partial charge in [0.15, 0.2) is 0 Å². The number of hydrogen-bond acceptors (Lipinski definition) is 3. The molecule has 0 saturated heterocycles. The summed E-state index contributed by atoms with van der Waals surface area (Å²) in [6.07, 6.45) is -5.61. The topological polar surface area (TPSA) is 63.4 Å². The van der Waals surface area contributed by atoms with Gasteiger partial charge in [0.05, 0.1) is 11.1 Å². The van der Waals surface area contributed by atoms with Crippen molar-refractivity contribution in [1.29, 1.82) is 0 Å². The highest BCUT2D eigenvalue weighted by Gasteiger charge is 2.36. The van der Waals surface area contributed by atoms with Crippen LogP contribution in [0.15, 0.2) is 18.2 Å². The molecule has 0 saturated carbocycles. The molecule has 0 aliphatic carbocycles. The van der Waals surface area contributed by atoms with Gasteiger partial charge in [0.2, 0.25) is 0 Å². The first-order valence-corrected chi connectivity index (χ1v) is 5.62. The van der Waals surface area contributed by atoms with Crippen molar-refractivity contribution in [2.24, 2.45) is 0 Å². The van der Waals surface area contributed by atoms with Crippen LogP contribution in [0.4, 0.5) is 18.9 Å². The number of nitrogens with two attached hydrogens (primary N) is 1. The zero-order valence-corrected chi connectivity index (χ0v) is 9.83. The molecule has 0 bridgehead atoms. The molecule has 2 rings (SSSR count). The van der Waals surface area contributed by atoms with E-state index in [9.17, 15) is 22.8 Å². The summed E-state index contributed by atoms with van der Waals surface area (Å²) >= 11 is 0. The fourth-order valence-electron chi connectivity index (χ4n) is 1.95. The number of carbonyl (C=O) groups excluding carboxylic acids is 2. The fourth-order valence-corrected chi connectivity index (χ4v) is 1.95. The summed E-state index contributed by atoms with van der Waals surface area (Å²) in [6, 6.07) is 4.25. The number of amides is 2. The van der Waals surface area contributed by atoms with Gasteiger partial charge in [-0.15, -0.1) is 0 Å². The summed E-state index contributed by atoms with van der Waals surface area (Å²) in [5.41, 5.74) is 6.18. The Labute approximate surface area is 107 Å². The second-order valence-electron chi connectivity index (χ2n) is 4.29. The van der Waals surface area contributed by atoms with Crippen LogP contribution in [0.25, 0.3) is 0 Å². The lowest BCUT2D eigenvalue weighted by atomic mass is 10.1. The maximum Gasteiger partial charge on any atom is 0.389 e. The van der Waals surface area contributed by atoms with Crippen molar-refractivity contribution in [3.05, 3.63) is 29.3 Å². The van der Waals surface area contributed by atoms with Gasteiger partial charge >= 0.3 is 6.18 Å². The molecule has 102 valence electrons. The average molecular weight is 272 g/mol. The van der Waals surface area contributed by atoms with Crippen LogP contribution >= 0.6 is 0 Å². The molecule has 0 aromatic heterocycles. The summed E-state index contributed by atoms with van der Waals surface area (Å²) in [4.78, 5) is 24.6. The summed E-state index contributed by atoms with van der Waals surface area (Å²) < 4.78 is 36.1. The molecule has 0 radical (unpaired) electrons. The number of nitrogen functional groups attached to an aromatic ring is 1. The standard InChI is InChI=1S/C12H11F3N2O2/c13-12(14,15)4-1-5-17-10(18)8-3-2-7(16)6-9(8)11(17)19/h2-3,6H,1,4-5,16H2. The Hall–Kier alpha value is -2.05. The molecule has 2 N–H and O–H groups in total. The lowest BCUT2D eigenvalue weighted by Gasteiger charge is -2.14. The quantitative estimate of drug-likeness (QED) is 0.677. The zero-order chi connectivity index (χ0) is 14.2. The van der Waals surface area contributed by atoms with E-state index in [1.54, 1.807) is 0 Å². The highest BCUT2D eigenvalue weighted by Crippen LogP contribution is 2.26. The summed E-state index contributed by atoms with van der Waals surface area (Å²) in [7, 11) is 0. The minimum atomic E-state index is -4.29. The summed E-state index contributed by atoms with van der Waals surface area (Å²) in [6.45, 7) is -0.244. The Morgan fingerprint density at radius 1 is 1.11 bits per heavy atom. The van der Waals surface area contributed by atoms with Gasteiger partial charge in [-0.1, -0.05) is 0 Å². The van der Waals surface area contributed by atoms with E-state index in [-0.39, 0.29) is 24.1 Å². The van der Waals surface area contributed by atoms with Gasteiger partial charge in [-0.2, -0.15) is 13.2 Å². The molecule has 0 spiro atoms. The van der Waals surface area contributed by atoms with Crippen molar-refractivity contribution in [3.8, 4) is 0 Å². The second kappa shape index (κ2) is 4.56. The molecule has 1 aliphatic rings. The van der Waals surface area contributed by atoms with Gasteiger partial charge < -0.3 is 5.73 Å². The fraction of sp³-hybridized carbons (Fsp3) is 0.333. The molecular weight excluding hydrogens is 261 g/mol. The Bertz CT molecular complexity index is 540. The SMILES string of the molecule is Nc1ccc2c(c1)C(=O)N(CCCC(F)(F)F)C2=O. The third-order valence-electron chi connectivity index (χ3n) is 2.84. The second-order valence-corrected chi connectivity index (χ2v) is 4.29. The van der Waals surface area contributed by atoms with Crippen LogP contribution < -0.4 is 5.73 Å². The number of hydrogen-bond donors (Lipinski definition) is 1. The first-order chi connectivity index (χ1) is 8.79. The molecule has 0 fully saturated rings. The van der Waals surface area contributed by atoms with Gasteiger partial charge in [-0.25, -0.2) is 0 Å². The minimum absolute atomic E-state index is 0.150. The highest BCUT2D eigenvalue weighted by atomic mass is 19.4. The summed E-state index contributed by atoms with van der Waals surface area (Å²) in [5.74, 6) is -1.16. The molecule has 0 unspecified atom stereocenters. The number of halogens is 3. The molecule has 0 atom stereocenters. The number of fused-ring (bicyclic) bond motifs is 1. The predicted octanol–water partition coefficient (Wildman–Crippen LogP) is 2.21. The van der Waals surface area contributed by atoms with Gasteiger partial charge in [0.1, 0.15) is 0 Å². The number of rotatable bonds is 3. The first kappa shape index (κ1) is 13.4. The zero-order valence-electron chi connectivity index (χ0n) is 9.83. The average Bonchev–Trinajstić information content (AvgIpc) is 2.52. The van der Waals surface area contributed by atoms with E-state index < -0.39 is 24.4 Å². The number of anilines is 1. The third kappa shape index (κ3) is 2.69. The number of nitrogens with zero attached hydrogens (tertiary/aromatic N) is 1. The maximum atomic E-state index is 12.0. The van der Waals surface area contributed by atoms with E-state index in [0.29, 0.717) is 5.69 Å². The van der Waals surface area contributed by atoms with Crippen molar-refractivity contribution in [3.63, 3.8) is 0 Å². The molecule has 1 aromatic rings. The molecular formula is C12H11F3N2O2. The number of imide groups is 1. The lowest BCUT2D eigenvalue weighted by molar-refractivity contribution is -0.135. The molecule has 2 amide bonds. The third-order valence-corrected chi connectivity index (χ3v) is 2.84. The number of alkyl halides is 3. The van der Waals surface area contributed by atoms with Crippen molar-refractivity contribution in [2.45, 2.75) is 19.0 Å². The van der Waals surface area contributed by atoms with E-state index in [1.165, 1.54) is 18.2 Å². The molecule has 4 nitrogen and oxygen atoms in total. The van der Waals surface area contributed by atoms with Crippen LogP contribution in [-0.2, 0) is 0 Å². The van der Waals surface area contributed by atoms with Crippen LogP contribution in [-0.4, -0.2) is 29.4 Å². The van der Waals surface area contributed by atoms with E-state index in [0.717, 1.165) is 4.90 Å². The number of carbonyl (C=O) groups is 2. The van der Waals surface area contributed by atoms with Crippen LogP contribution in [0.1, 0.15) is 33.6 Å². The van der Waals surface area contributed by atoms with Gasteiger partial charge in [0, 0.05) is 18.7 Å². The normalized spacial score (nSPS) is 15.0. The van der Waals surface area contributed by atoms with Crippen LogP contribution in [0, 0.1) is 0 Å². The van der Waals surface area contributed by atoms with Crippen LogP contribution in [0.3, 0.4) is 0 Å². The molecule has 7 heteroatoms. The van der Waals surface area contributed by atoms with E-state index in [1.807, 2.05) is 0 Å². The van der Waals surface area contributed by atoms with Gasteiger partial charge in [-0.3, -0.25) is 14.5 Å².